The van der Waals surface area contributed by atoms with Gasteiger partial charge in [0.2, 0.25) is 11.6 Å². The molecule has 2 aromatic rings. The van der Waals surface area contributed by atoms with E-state index in [1.807, 2.05) is 17.5 Å². The average molecular weight is 305 g/mol. The van der Waals surface area contributed by atoms with Crippen molar-refractivity contribution in [3.8, 4) is 5.75 Å². The second kappa shape index (κ2) is 6.71. The summed E-state index contributed by atoms with van der Waals surface area (Å²) in [7, 11) is 0. The van der Waals surface area contributed by atoms with Gasteiger partial charge in [0.1, 0.15) is 6.61 Å². The topological polar surface area (TPSA) is 21.3 Å². The Bertz CT molecular complexity index is 548. The summed E-state index contributed by atoms with van der Waals surface area (Å²) in [6, 6.07) is 3.98. The highest BCUT2D eigenvalue weighted by molar-refractivity contribution is 7.09. The third kappa shape index (κ3) is 3.49. The van der Waals surface area contributed by atoms with Gasteiger partial charge in [0.15, 0.2) is 17.4 Å². The van der Waals surface area contributed by atoms with E-state index in [1.165, 1.54) is 0 Å². The summed E-state index contributed by atoms with van der Waals surface area (Å²) in [5.41, 5.74) is 0. The van der Waals surface area contributed by atoms with Crippen molar-refractivity contribution in [1.29, 1.82) is 0 Å². The predicted molar refractivity (Wildman–Crippen MR) is 67.8 cm³/mol. The molecule has 0 spiro atoms. The van der Waals surface area contributed by atoms with Crippen LogP contribution in [0.15, 0.2) is 23.6 Å². The van der Waals surface area contributed by atoms with Gasteiger partial charge in [0, 0.05) is 24.0 Å². The normalized spacial score (nSPS) is 10.8. The van der Waals surface area contributed by atoms with Crippen molar-refractivity contribution in [1.82, 2.24) is 5.32 Å². The summed E-state index contributed by atoms with van der Waals surface area (Å²) in [6.45, 7) is 0.764. The van der Waals surface area contributed by atoms with Gasteiger partial charge in [-0.1, -0.05) is 6.07 Å². The van der Waals surface area contributed by atoms with E-state index in [0.717, 1.165) is 4.88 Å². The first kappa shape index (κ1) is 14.8. The SMILES string of the molecule is Fc1cc(F)c(F)c(OCCNCc2cccs2)c1F. The smallest absolute Gasteiger partial charge is 0.203 e. The van der Waals surface area contributed by atoms with E-state index >= 15 is 0 Å². The molecule has 0 aliphatic heterocycles. The second-order valence-corrected chi connectivity index (χ2v) is 4.93. The molecular weight excluding hydrogens is 294 g/mol. The van der Waals surface area contributed by atoms with E-state index in [4.69, 9.17) is 4.74 Å². The number of halogens is 4. The third-order valence-electron chi connectivity index (χ3n) is 2.48. The molecule has 0 bridgehead atoms. The summed E-state index contributed by atoms with van der Waals surface area (Å²) < 4.78 is 57.1. The molecule has 0 radical (unpaired) electrons. The molecule has 0 aliphatic carbocycles. The van der Waals surface area contributed by atoms with Gasteiger partial charge in [-0.05, 0) is 11.4 Å². The Morgan fingerprint density at radius 1 is 1.10 bits per heavy atom. The first-order chi connectivity index (χ1) is 9.59. The van der Waals surface area contributed by atoms with Crippen molar-refractivity contribution in [2.75, 3.05) is 13.2 Å². The average Bonchev–Trinajstić information content (AvgIpc) is 2.93. The van der Waals surface area contributed by atoms with Gasteiger partial charge in [-0.25, -0.2) is 8.78 Å². The van der Waals surface area contributed by atoms with Crippen molar-refractivity contribution in [2.24, 2.45) is 0 Å². The van der Waals surface area contributed by atoms with Crippen LogP contribution in [0.5, 0.6) is 5.75 Å². The minimum atomic E-state index is -1.53. The Morgan fingerprint density at radius 3 is 2.40 bits per heavy atom. The van der Waals surface area contributed by atoms with E-state index < -0.39 is 29.0 Å². The van der Waals surface area contributed by atoms with Crippen LogP contribution in [-0.4, -0.2) is 13.2 Å². The Balaban J connectivity index is 1.85. The van der Waals surface area contributed by atoms with Crippen molar-refractivity contribution in [3.63, 3.8) is 0 Å². The van der Waals surface area contributed by atoms with Crippen LogP contribution in [0.1, 0.15) is 4.88 Å². The lowest BCUT2D eigenvalue weighted by Crippen LogP contribution is -2.21. The molecule has 0 atom stereocenters. The molecule has 0 saturated heterocycles. The van der Waals surface area contributed by atoms with Gasteiger partial charge < -0.3 is 10.1 Å². The van der Waals surface area contributed by atoms with Crippen molar-refractivity contribution in [2.45, 2.75) is 6.54 Å². The molecule has 0 amide bonds. The summed E-state index contributed by atoms with van der Waals surface area (Å²) >= 11 is 1.56. The maximum Gasteiger partial charge on any atom is 0.203 e. The highest BCUT2D eigenvalue weighted by atomic mass is 32.1. The number of nitrogens with one attached hydrogen (secondary N) is 1. The lowest BCUT2D eigenvalue weighted by atomic mass is 10.3. The Hall–Kier alpha value is -1.60. The number of benzene rings is 1. The second-order valence-electron chi connectivity index (χ2n) is 3.90. The van der Waals surface area contributed by atoms with Crippen molar-refractivity contribution < 1.29 is 22.3 Å². The van der Waals surface area contributed by atoms with Crippen LogP contribution in [0.4, 0.5) is 17.6 Å². The quantitative estimate of drug-likeness (QED) is 0.501. The highest BCUT2D eigenvalue weighted by Gasteiger charge is 2.20. The van der Waals surface area contributed by atoms with Gasteiger partial charge in [-0.2, -0.15) is 8.78 Å². The molecule has 1 N–H and O–H groups in total. The Kier molecular flexibility index (Phi) is 4.97. The number of ether oxygens (including phenoxy) is 1. The molecule has 0 fully saturated rings. The monoisotopic (exact) mass is 305 g/mol. The van der Waals surface area contributed by atoms with Crippen LogP contribution in [0.3, 0.4) is 0 Å². The first-order valence-corrected chi connectivity index (χ1v) is 6.66. The van der Waals surface area contributed by atoms with Crippen LogP contribution < -0.4 is 10.1 Å². The summed E-state index contributed by atoms with van der Waals surface area (Å²) in [5, 5.41) is 4.90. The van der Waals surface area contributed by atoms with E-state index in [-0.39, 0.29) is 19.2 Å². The standard InChI is InChI=1S/C13H11F4NOS/c14-9-6-10(15)12(17)13(11(9)16)19-4-3-18-7-8-2-1-5-20-8/h1-2,5-6,18H,3-4,7H2. The van der Waals surface area contributed by atoms with Gasteiger partial charge in [0.05, 0.1) is 0 Å². The summed E-state index contributed by atoms with van der Waals surface area (Å²) in [4.78, 5) is 1.10. The zero-order valence-corrected chi connectivity index (χ0v) is 11.1. The zero-order chi connectivity index (χ0) is 14.5. The molecule has 7 heteroatoms. The largest absolute Gasteiger partial charge is 0.486 e. The fraction of sp³-hybridized carbons (Fsp3) is 0.231. The van der Waals surface area contributed by atoms with Crippen LogP contribution in [-0.2, 0) is 6.54 Å². The first-order valence-electron chi connectivity index (χ1n) is 5.78. The maximum atomic E-state index is 13.2. The Labute approximate surface area is 117 Å². The van der Waals surface area contributed by atoms with E-state index in [9.17, 15) is 17.6 Å². The summed E-state index contributed by atoms with van der Waals surface area (Å²) in [5.74, 6) is -7.04. The lowest BCUT2D eigenvalue weighted by Gasteiger charge is -2.09. The van der Waals surface area contributed by atoms with E-state index in [0.29, 0.717) is 6.54 Å². The van der Waals surface area contributed by atoms with Gasteiger partial charge in [-0.3, -0.25) is 0 Å². The molecule has 0 aliphatic rings. The highest BCUT2D eigenvalue weighted by Crippen LogP contribution is 2.26. The van der Waals surface area contributed by atoms with Crippen LogP contribution >= 0.6 is 11.3 Å². The predicted octanol–water partition coefficient (Wildman–Crippen LogP) is 3.47. The van der Waals surface area contributed by atoms with E-state index in [2.05, 4.69) is 5.32 Å². The van der Waals surface area contributed by atoms with Gasteiger partial charge in [-0.15, -0.1) is 11.3 Å². The lowest BCUT2D eigenvalue weighted by molar-refractivity contribution is 0.270. The number of thiophene rings is 1. The molecule has 2 nitrogen and oxygen atoms in total. The third-order valence-corrected chi connectivity index (χ3v) is 3.35. The van der Waals surface area contributed by atoms with Crippen LogP contribution in [0.2, 0.25) is 0 Å². The molecule has 1 heterocycles. The molecular formula is C13H11F4NOS. The van der Waals surface area contributed by atoms with E-state index in [1.54, 1.807) is 11.3 Å². The molecule has 2 rings (SSSR count). The zero-order valence-electron chi connectivity index (χ0n) is 10.3. The minimum Gasteiger partial charge on any atom is -0.486 e. The molecule has 1 aromatic heterocycles. The molecule has 0 saturated carbocycles. The minimum absolute atomic E-state index is 0.109. The van der Waals surface area contributed by atoms with Crippen LogP contribution in [0.25, 0.3) is 0 Å². The molecule has 0 unspecified atom stereocenters. The fourth-order valence-corrected chi connectivity index (χ4v) is 2.20. The number of rotatable bonds is 6. The fourth-order valence-electron chi connectivity index (χ4n) is 1.53. The number of hydrogen-bond acceptors (Lipinski definition) is 3. The van der Waals surface area contributed by atoms with Crippen molar-refractivity contribution in [3.05, 3.63) is 51.7 Å². The van der Waals surface area contributed by atoms with Crippen LogP contribution in [0, 0.1) is 23.3 Å². The van der Waals surface area contributed by atoms with Crippen molar-refractivity contribution >= 4 is 11.3 Å². The van der Waals surface area contributed by atoms with Gasteiger partial charge in [0.25, 0.3) is 0 Å². The molecule has 20 heavy (non-hydrogen) atoms. The summed E-state index contributed by atoms with van der Waals surface area (Å²) in [6.07, 6.45) is 0. The molecule has 108 valence electrons. The number of hydrogen-bond donors (Lipinski definition) is 1. The Morgan fingerprint density at radius 2 is 1.80 bits per heavy atom. The maximum absolute atomic E-state index is 13.2. The van der Waals surface area contributed by atoms with Gasteiger partial charge >= 0.3 is 0 Å². The molecule has 1 aromatic carbocycles.